The van der Waals surface area contributed by atoms with Gasteiger partial charge in [-0.3, -0.25) is 14.5 Å². The van der Waals surface area contributed by atoms with E-state index >= 15 is 0 Å². The maximum atomic E-state index is 13.1. The summed E-state index contributed by atoms with van der Waals surface area (Å²) in [6.45, 7) is 16.2. The van der Waals surface area contributed by atoms with Gasteiger partial charge >= 0.3 is 17.9 Å². The quantitative estimate of drug-likeness (QED) is 0.203. The fourth-order valence-corrected chi connectivity index (χ4v) is 5.19. The smallest absolute Gasteiger partial charge is 0.342 e. The number of esters is 3. The van der Waals surface area contributed by atoms with E-state index in [2.05, 4.69) is 25.7 Å². The lowest BCUT2D eigenvalue weighted by atomic mass is 9.85. The van der Waals surface area contributed by atoms with E-state index < -0.39 is 11.9 Å². The number of methoxy groups -OCH3 is 1. The first kappa shape index (κ1) is 31.6. The highest BCUT2D eigenvalue weighted by atomic mass is 16.6. The number of rotatable bonds is 12. The molecule has 0 radical (unpaired) electrons. The molecule has 1 atom stereocenters. The molecule has 0 amide bonds. The zero-order chi connectivity index (χ0) is 29.4. The number of cyclic esters (lactones) is 1. The Kier molecular flexibility index (Phi) is 11.2. The van der Waals surface area contributed by atoms with Crippen LogP contribution < -0.4 is 9.47 Å². The molecule has 2 aliphatic heterocycles. The van der Waals surface area contributed by atoms with Crippen LogP contribution >= 0.6 is 0 Å². The number of fused-ring (bicyclic) bond motifs is 1. The third-order valence-electron chi connectivity index (χ3n) is 7.30. The number of carbonyl (C=O) groups excluding carboxylic acids is 3. The van der Waals surface area contributed by atoms with Gasteiger partial charge in [-0.05, 0) is 44.1 Å². The zero-order valence-electron chi connectivity index (χ0n) is 25.1. The van der Waals surface area contributed by atoms with Gasteiger partial charge in [0.25, 0.3) is 0 Å². The highest BCUT2D eigenvalue weighted by Gasteiger charge is 2.35. The summed E-state index contributed by atoms with van der Waals surface area (Å²) >= 11 is 0. The second kappa shape index (κ2) is 14.1. The third-order valence-corrected chi connectivity index (χ3v) is 7.30. The van der Waals surface area contributed by atoms with Crippen LogP contribution in [0.4, 0.5) is 0 Å². The first-order valence-corrected chi connectivity index (χ1v) is 14.1. The molecule has 1 fully saturated rings. The van der Waals surface area contributed by atoms with Gasteiger partial charge in [-0.15, -0.1) is 0 Å². The Bertz CT molecular complexity index is 1110. The average Bonchev–Trinajstić information content (AvgIpc) is 3.29. The van der Waals surface area contributed by atoms with E-state index in [0.717, 1.165) is 24.2 Å². The molecular weight excluding hydrogens is 514 g/mol. The second-order valence-corrected chi connectivity index (χ2v) is 11.9. The lowest BCUT2D eigenvalue weighted by molar-refractivity contribution is -0.144. The summed E-state index contributed by atoms with van der Waals surface area (Å²) in [4.78, 5) is 40.4. The van der Waals surface area contributed by atoms with Gasteiger partial charge in [0.15, 0.2) is 5.75 Å². The minimum Gasteiger partial charge on any atom is -0.496 e. The number of hydrogen-bond acceptors (Lipinski definition) is 9. The Morgan fingerprint density at radius 3 is 2.48 bits per heavy atom. The van der Waals surface area contributed by atoms with Crippen LogP contribution in [0.5, 0.6) is 11.5 Å². The van der Waals surface area contributed by atoms with Gasteiger partial charge in [0.2, 0.25) is 0 Å². The molecule has 0 spiro atoms. The predicted molar refractivity (Wildman–Crippen MR) is 151 cm³/mol. The fraction of sp³-hybridized carbons (Fsp3) is 0.645. The summed E-state index contributed by atoms with van der Waals surface area (Å²) in [6.07, 6.45) is 3.77. The summed E-state index contributed by atoms with van der Waals surface area (Å²) in [5.74, 6) is -0.734. The first-order valence-electron chi connectivity index (χ1n) is 14.1. The predicted octanol–water partition coefficient (Wildman–Crippen LogP) is 4.80. The van der Waals surface area contributed by atoms with Crippen molar-refractivity contribution in [3.8, 4) is 11.5 Å². The molecule has 1 unspecified atom stereocenters. The molecule has 9 nitrogen and oxygen atoms in total. The van der Waals surface area contributed by atoms with Gasteiger partial charge in [-0.25, -0.2) is 4.79 Å². The molecule has 2 heterocycles. The van der Waals surface area contributed by atoms with Crippen LogP contribution in [0.25, 0.3) is 0 Å². The normalized spacial score (nSPS) is 16.8. The minimum absolute atomic E-state index is 0.0589. The van der Waals surface area contributed by atoms with Gasteiger partial charge in [0, 0.05) is 37.2 Å². The van der Waals surface area contributed by atoms with Crippen LogP contribution in [0.15, 0.2) is 11.6 Å². The molecule has 0 saturated carbocycles. The number of allylic oxidation sites excluding steroid dienone is 2. The maximum Gasteiger partial charge on any atom is 0.342 e. The number of hydrogen-bond donors (Lipinski definition) is 0. The lowest BCUT2D eigenvalue weighted by Crippen LogP contribution is -2.38. The summed E-state index contributed by atoms with van der Waals surface area (Å²) in [5.41, 5.74) is 3.29. The fourth-order valence-electron chi connectivity index (χ4n) is 5.19. The highest BCUT2D eigenvalue weighted by Crippen LogP contribution is 2.43. The van der Waals surface area contributed by atoms with Crippen molar-refractivity contribution in [1.82, 2.24) is 4.90 Å². The Morgan fingerprint density at radius 1 is 1.12 bits per heavy atom. The minimum atomic E-state index is -0.506. The van der Waals surface area contributed by atoms with Crippen molar-refractivity contribution in [2.24, 2.45) is 11.3 Å². The standard InChI is InChI=1S/C31H45NO8/c1-20(9-11-25(33)38-17-14-32-12-15-37-16-13-32)8-10-23-27(36-7)22(3)24-19-39-30(35)26(24)28(23)40-29(34)21(2)18-31(4,5)6/h8,21H,9-19H2,1-7H3/b20-8+. The van der Waals surface area contributed by atoms with E-state index in [-0.39, 0.29) is 36.1 Å². The topological polar surface area (TPSA) is 101 Å². The van der Waals surface area contributed by atoms with Crippen molar-refractivity contribution in [2.75, 3.05) is 46.6 Å². The molecule has 9 heteroatoms. The number of ether oxygens (including phenoxy) is 5. The molecule has 0 aliphatic carbocycles. The van der Waals surface area contributed by atoms with Crippen LogP contribution in [0.1, 0.15) is 80.9 Å². The van der Waals surface area contributed by atoms with Gasteiger partial charge in [-0.2, -0.15) is 0 Å². The molecule has 0 N–H and O–H groups in total. The van der Waals surface area contributed by atoms with Crippen molar-refractivity contribution in [2.45, 2.75) is 73.8 Å². The number of nitrogens with zero attached hydrogens (tertiary/aromatic N) is 1. The highest BCUT2D eigenvalue weighted by molar-refractivity contribution is 5.99. The molecular formula is C31H45NO8. The molecule has 222 valence electrons. The molecule has 0 bridgehead atoms. The molecule has 2 aliphatic rings. The van der Waals surface area contributed by atoms with Crippen LogP contribution in [0.2, 0.25) is 0 Å². The first-order chi connectivity index (χ1) is 18.9. The van der Waals surface area contributed by atoms with Gasteiger partial charge in [0.1, 0.15) is 24.5 Å². The van der Waals surface area contributed by atoms with E-state index in [1.807, 2.05) is 26.8 Å². The van der Waals surface area contributed by atoms with E-state index in [1.165, 1.54) is 0 Å². The van der Waals surface area contributed by atoms with Crippen LogP contribution in [-0.4, -0.2) is 69.4 Å². The molecule has 40 heavy (non-hydrogen) atoms. The Balaban J connectivity index is 1.72. The summed E-state index contributed by atoms with van der Waals surface area (Å²) in [7, 11) is 1.56. The summed E-state index contributed by atoms with van der Waals surface area (Å²) in [6, 6.07) is 0. The summed E-state index contributed by atoms with van der Waals surface area (Å²) in [5, 5.41) is 0. The largest absolute Gasteiger partial charge is 0.496 e. The number of benzene rings is 1. The Morgan fingerprint density at radius 2 is 1.82 bits per heavy atom. The van der Waals surface area contributed by atoms with Crippen molar-refractivity contribution in [3.05, 3.63) is 33.9 Å². The van der Waals surface area contributed by atoms with Crippen molar-refractivity contribution in [3.63, 3.8) is 0 Å². The van der Waals surface area contributed by atoms with E-state index in [9.17, 15) is 14.4 Å². The van der Waals surface area contributed by atoms with Gasteiger partial charge in [-0.1, -0.05) is 39.3 Å². The van der Waals surface area contributed by atoms with Crippen LogP contribution in [0, 0.1) is 18.3 Å². The van der Waals surface area contributed by atoms with E-state index in [4.69, 9.17) is 23.7 Å². The number of morpholine rings is 1. The van der Waals surface area contributed by atoms with E-state index in [0.29, 0.717) is 68.1 Å². The summed E-state index contributed by atoms with van der Waals surface area (Å²) < 4.78 is 27.8. The van der Waals surface area contributed by atoms with Gasteiger partial charge in [0.05, 0.1) is 26.2 Å². The second-order valence-electron chi connectivity index (χ2n) is 11.9. The van der Waals surface area contributed by atoms with E-state index in [1.54, 1.807) is 7.11 Å². The molecule has 1 aromatic carbocycles. The Labute approximate surface area is 238 Å². The SMILES string of the molecule is COc1c(C)c2c(c(OC(=O)C(C)CC(C)(C)C)c1C/C=C(\C)CCC(=O)OCCN1CCOCC1)C(=O)OC2. The van der Waals surface area contributed by atoms with Crippen molar-refractivity contribution >= 4 is 17.9 Å². The molecule has 3 rings (SSSR count). The molecule has 1 saturated heterocycles. The third kappa shape index (κ3) is 8.54. The molecule has 0 aromatic heterocycles. The maximum absolute atomic E-state index is 13.1. The Hall–Kier alpha value is -2.91. The zero-order valence-corrected chi connectivity index (χ0v) is 25.1. The monoisotopic (exact) mass is 559 g/mol. The number of carbonyl (C=O) groups is 3. The van der Waals surface area contributed by atoms with Crippen LogP contribution in [0.3, 0.4) is 0 Å². The lowest BCUT2D eigenvalue weighted by Gasteiger charge is -2.26. The molecule has 1 aromatic rings. The van der Waals surface area contributed by atoms with Crippen molar-refractivity contribution < 1.29 is 38.1 Å². The van der Waals surface area contributed by atoms with Gasteiger partial charge < -0.3 is 23.7 Å². The van der Waals surface area contributed by atoms with Crippen molar-refractivity contribution in [1.29, 1.82) is 0 Å². The average molecular weight is 560 g/mol. The van der Waals surface area contributed by atoms with Crippen LogP contribution in [-0.2, 0) is 36.8 Å².